The van der Waals surface area contributed by atoms with Crippen molar-refractivity contribution >= 4 is 28.4 Å². The van der Waals surface area contributed by atoms with Gasteiger partial charge >= 0.3 is 0 Å². The molecule has 1 unspecified atom stereocenters. The Morgan fingerprint density at radius 2 is 2.08 bits per heavy atom. The molecule has 2 aromatic rings. The average Bonchev–Trinajstić information content (AvgIpc) is 2.98. The molecule has 24 heavy (non-hydrogen) atoms. The molecule has 1 atom stereocenters. The Kier molecular flexibility index (Phi) is 4.86. The van der Waals surface area contributed by atoms with E-state index in [9.17, 15) is 4.79 Å². The summed E-state index contributed by atoms with van der Waals surface area (Å²) >= 11 is 6.00. The van der Waals surface area contributed by atoms with Crippen molar-refractivity contribution in [2.24, 2.45) is 5.92 Å². The van der Waals surface area contributed by atoms with Gasteiger partial charge in [0.05, 0.1) is 0 Å². The van der Waals surface area contributed by atoms with Crippen LogP contribution in [0.3, 0.4) is 0 Å². The summed E-state index contributed by atoms with van der Waals surface area (Å²) in [5, 5.41) is 4.77. The van der Waals surface area contributed by atoms with E-state index in [2.05, 4.69) is 28.7 Å². The molecule has 0 aliphatic carbocycles. The largest absolute Gasteiger partial charge is 0.375 e. The van der Waals surface area contributed by atoms with E-state index in [-0.39, 0.29) is 11.9 Å². The lowest BCUT2D eigenvalue weighted by molar-refractivity contribution is 0.0906. The molecule has 5 heteroatoms. The molecule has 0 bridgehead atoms. The first-order valence-corrected chi connectivity index (χ1v) is 8.81. The highest BCUT2D eigenvalue weighted by Crippen LogP contribution is 2.23. The molecule has 1 fully saturated rings. The maximum absolute atomic E-state index is 12.5. The number of hydrogen-bond donors (Lipinski definition) is 2. The number of carbonyl (C=O) groups excluding carboxylic acids is 1. The van der Waals surface area contributed by atoms with Crippen molar-refractivity contribution in [2.45, 2.75) is 32.7 Å². The summed E-state index contributed by atoms with van der Waals surface area (Å²) in [5.41, 5.74) is 2.63. The molecular formula is C19H24ClN3O. The lowest BCUT2D eigenvalue weighted by atomic mass is 9.90. The fourth-order valence-corrected chi connectivity index (χ4v) is 3.59. The predicted octanol–water partition coefficient (Wildman–Crippen LogP) is 4.19. The zero-order chi connectivity index (χ0) is 17.3. The summed E-state index contributed by atoms with van der Waals surface area (Å²) in [5.74, 6) is 0.445. The highest BCUT2D eigenvalue weighted by molar-refractivity contribution is 6.31. The monoisotopic (exact) mass is 345 g/mol. The molecule has 1 amide bonds. The Morgan fingerprint density at radius 3 is 2.75 bits per heavy atom. The van der Waals surface area contributed by atoms with Gasteiger partial charge in [0, 0.05) is 40.8 Å². The van der Waals surface area contributed by atoms with Gasteiger partial charge in [-0.2, -0.15) is 0 Å². The Balaban J connectivity index is 1.62. The molecule has 2 heterocycles. The Labute approximate surface area is 147 Å². The molecule has 0 radical (unpaired) electrons. The standard InChI is InChI=1S/C19H24ClN3O/c1-12(2)23-8-6-14(7-9-23)13(3)21-19(24)18-11-15-10-16(20)4-5-17(15)22-18/h4-5,10-11,13-14,22H,1,6-9H2,2-3H3,(H,21,24). The summed E-state index contributed by atoms with van der Waals surface area (Å²) in [6.45, 7) is 10.2. The van der Waals surface area contributed by atoms with Gasteiger partial charge in [-0.05, 0) is 56.9 Å². The normalized spacial score (nSPS) is 17.0. The van der Waals surface area contributed by atoms with Crippen molar-refractivity contribution in [3.8, 4) is 0 Å². The summed E-state index contributed by atoms with van der Waals surface area (Å²) < 4.78 is 0. The second-order valence-corrected chi connectivity index (χ2v) is 7.17. The Morgan fingerprint density at radius 1 is 1.38 bits per heavy atom. The van der Waals surface area contributed by atoms with E-state index in [0.29, 0.717) is 16.6 Å². The van der Waals surface area contributed by atoms with Gasteiger partial charge in [-0.25, -0.2) is 0 Å². The number of amides is 1. The number of halogens is 1. The first-order chi connectivity index (χ1) is 11.4. The van der Waals surface area contributed by atoms with Gasteiger partial charge in [-0.1, -0.05) is 18.2 Å². The van der Waals surface area contributed by atoms with Gasteiger partial charge < -0.3 is 15.2 Å². The highest BCUT2D eigenvalue weighted by Gasteiger charge is 2.25. The number of hydrogen-bond acceptors (Lipinski definition) is 2. The van der Waals surface area contributed by atoms with Crippen LogP contribution in [0.5, 0.6) is 0 Å². The number of piperidine rings is 1. The molecule has 1 aromatic carbocycles. The maximum Gasteiger partial charge on any atom is 0.267 e. The number of nitrogens with zero attached hydrogens (tertiary/aromatic N) is 1. The molecule has 1 aliphatic rings. The minimum atomic E-state index is -0.0582. The first-order valence-electron chi connectivity index (χ1n) is 8.43. The fraction of sp³-hybridized carbons (Fsp3) is 0.421. The number of fused-ring (bicyclic) bond motifs is 1. The van der Waals surface area contributed by atoms with Gasteiger partial charge in [-0.15, -0.1) is 0 Å². The number of benzene rings is 1. The molecule has 0 saturated carbocycles. The summed E-state index contributed by atoms with van der Waals surface area (Å²) in [6, 6.07) is 7.58. The minimum absolute atomic E-state index is 0.0582. The van der Waals surface area contributed by atoms with Crippen LogP contribution in [0.15, 0.2) is 36.5 Å². The van der Waals surface area contributed by atoms with Crippen molar-refractivity contribution < 1.29 is 4.79 Å². The van der Waals surface area contributed by atoms with Crippen molar-refractivity contribution in [1.29, 1.82) is 0 Å². The predicted molar refractivity (Wildman–Crippen MR) is 99.3 cm³/mol. The lowest BCUT2D eigenvalue weighted by Gasteiger charge is -2.36. The highest BCUT2D eigenvalue weighted by atomic mass is 35.5. The Bertz CT molecular complexity index is 759. The van der Waals surface area contributed by atoms with Crippen LogP contribution in [-0.2, 0) is 0 Å². The first kappa shape index (κ1) is 16.9. The van der Waals surface area contributed by atoms with E-state index in [0.717, 1.165) is 42.5 Å². The number of likely N-dealkylation sites (tertiary alicyclic amines) is 1. The third-order valence-electron chi connectivity index (χ3n) is 4.97. The number of carbonyl (C=O) groups is 1. The molecule has 1 aromatic heterocycles. The number of H-pyrrole nitrogens is 1. The zero-order valence-corrected chi connectivity index (χ0v) is 15.0. The fourth-order valence-electron chi connectivity index (χ4n) is 3.41. The maximum atomic E-state index is 12.5. The number of aromatic amines is 1. The molecular weight excluding hydrogens is 322 g/mol. The lowest BCUT2D eigenvalue weighted by Crippen LogP contribution is -2.43. The van der Waals surface area contributed by atoms with Gasteiger partial charge in [0.1, 0.15) is 5.69 Å². The second kappa shape index (κ2) is 6.89. The zero-order valence-electron chi connectivity index (χ0n) is 14.2. The topological polar surface area (TPSA) is 48.1 Å². The van der Waals surface area contributed by atoms with Crippen molar-refractivity contribution in [2.75, 3.05) is 13.1 Å². The summed E-state index contributed by atoms with van der Waals surface area (Å²) in [4.78, 5) is 18.0. The quantitative estimate of drug-likeness (QED) is 0.873. The van der Waals surface area contributed by atoms with Crippen LogP contribution in [0, 0.1) is 5.92 Å². The van der Waals surface area contributed by atoms with Gasteiger partial charge in [-0.3, -0.25) is 4.79 Å². The van der Waals surface area contributed by atoms with Crippen LogP contribution in [-0.4, -0.2) is 34.9 Å². The van der Waals surface area contributed by atoms with Crippen molar-refractivity contribution in [3.05, 3.63) is 47.3 Å². The molecule has 3 rings (SSSR count). The number of rotatable bonds is 4. The molecule has 1 saturated heterocycles. The van der Waals surface area contributed by atoms with E-state index < -0.39 is 0 Å². The number of nitrogens with one attached hydrogen (secondary N) is 2. The molecule has 1 aliphatic heterocycles. The number of allylic oxidation sites excluding steroid dienone is 1. The van der Waals surface area contributed by atoms with Crippen LogP contribution in [0.4, 0.5) is 0 Å². The van der Waals surface area contributed by atoms with Crippen molar-refractivity contribution in [3.63, 3.8) is 0 Å². The van der Waals surface area contributed by atoms with Gasteiger partial charge in [0.2, 0.25) is 0 Å². The van der Waals surface area contributed by atoms with E-state index >= 15 is 0 Å². The van der Waals surface area contributed by atoms with E-state index in [4.69, 9.17) is 11.6 Å². The van der Waals surface area contributed by atoms with Gasteiger partial charge in [0.25, 0.3) is 5.91 Å². The smallest absolute Gasteiger partial charge is 0.267 e. The van der Waals surface area contributed by atoms with Crippen molar-refractivity contribution in [1.82, 2.24) is 15.2 Å². The third kappa shape index (κ3) is 3.59. The van der Waals surface area contributed by atoms with E-state index in [1.807, 2.05) is 31.2 Å². The molecule has 128 valence electrons. The molecule has 2 N–H and O–H groups in total. The van der Waals surface area contributed by atoms with Crippen LogP contribution >= 0.6 is 11.6 Å². The molecule has 0 spiro atoms. The minimum Gasteiger partial charge on any atom is -0.375 e. The Hall–Kier alpha value is -1.94. The average molecular weight is 346 g/mol. The van der Waals surface area contributed by atoms with E-state index in [1.165, 1.54) is 0 Å². The van der Waals surface area contributed by atoms with Crippen LogP contribution < -0.4 is 5.32 Å². The third-order valence-corrected chi connectivity index (χ3v) is 5.21. The number of aromatic nitrogens is 1. The summed E-state index contributed by atoms with van der Waals surface area (Å²) in [6.07, 6.45) is 2.16. The van der Waals surface area contributed by atoms with Crippen LogP contribution in [0.25, 0.3) is 10.9 Å². The van der Waals surface area contributed by atoms with E-state index in [1.54, 1.807) is 0 Å². The SMILES string of the molecule is C=C(C)N1CCC(C(C)NC(=O)c2cc3cc(Cl)ccc3[nH]2)CC1. The van der Waals surface area contributed by atoms with Crippen LogP contribution in [0.1, 0.15) is 37.2 Å². The van der Waals surface area contributed by atoms with Gasteiger partial charge in [0.15, 0.2) is 0 Å². The molecule has 4 nitrogen and oxygen atoms in total. The van der Waals surface area contributed by atoms with Crippen LogP contribution in [0.2, 0.25) is 5.02 Å². The summed E-state index contributed by atoms with van der Waals surface area (Å²) in [7, 11) is 0. The second-order valence-electron chi connectivity index (χ2n) is 6.74.